The summed E-state index contributed by atoms with van der Waals surface area (Å²) in [6.07, 6.45) is 5.89. The lowest BCUT2D eigenvalue weighted by atomic mass is 10.1. The highest BCUT2D eigenvalue weighted by Gasteiger charge is 2.22. The molecule has 0 saturated heterocycles. The number of rotatable bonds is 4. The Morgan fingerprint density at radius 2 is 2.03 bits per heavy atom. The fraction of sp³-hybridized carbons (Fsp3) is 0.136. The molecule has 0 aliphatic heterocycles. The second-order valence-electron chi connectivity index (χ2n) is 6.66. The molecule has 150 valence electrons. The van der Waals surface area contributed by atoms with Gasteiger partial charge < -0.3 is 9.73 Å². The molecule has 2 aromatic heterocycles. The third-order valence-corrected chi connectivity index (χ3v) is 6.31. The number of hydrogen-bond acceptors (Lipinski definition) is 5. The summed E-state index contributed by atoms with van der Waals surface area (Å²) in [5.41, 5.74) is 2.63. The maximum absolute atomic E-state index is 12.2. The van der Waals surface area contributed by atoms with E-state index in [0.717, 1.165) is 30.4 Å². The zero-order valence-electron chi connectivity index (χ0n) is 15.7. The lowest BCUT2D eigenvalue weighted by Crippen LogP contribution is -2.32. The second kappa shape index (κ2) is 8.84. The third-order valence-electron chi connectivity index (χ3n) is 4.65. The molecule has 1 aliphatic rings. The van der Waals surface area contributed by atoms with E-state index in [-0.39, 0.29) is 11.0 Å². The number of aryl methyl sites for hydroxylation is 1. The smallest absolute Gasteiger partial charge is 0.250 e. The largest absolute Gasteiger partial charge is 0.457 e. The molecular weight excluding hydrogens is 438 g/mol. The number of thiophene rings is 1. The molecule has 0 bridgehead atoms. The van der Waals surface area contributed by atoms with Gasteiger partial charge in [0, 0.05) is 21.5 Å². The van der Waals surface area contributed by atoms with Gasteiger partial charge in [-0.3, -0.25) is 10.1 Å². The van der Waals surface area contributed by atoms with E-state index in [2.05, 4.69) is 16.7 Å². The lowest BCUT2D eigenvalue weighted by Gasteiger charge is -2.06. The third kappa shape index (κ3) is 4.46. The molecule has 30 heavy (non-hydrogen) atoms. The van der Waals surface area contributed by atoms with Crippen molar-refractivity contribution in [2.24, 2.45) is 0 Å². The summed E-state index contributed by atoms with van der Waals surface area (Å²) >= 11 is 12.6. The number of fused-ring (bicyclic) bond motifs is 1. The van der Waals surface area contributed by atoms with Crippen LogP contribution in [0.25, 0.3) is 17.4 Å². The maximum Gasteiger partial charge on any atom is 0.250 e. The molecule has 0 unspecified atom stereocenters. The van der Waals surface area contributed by atoms with Crippen LogP contribution in [0.1, 0.15) is 28.2 Å². The molecule has 2 heterocycles. The van der Waals surface area contributed by atoms with E-state index in [1.165, 1.54) is 22.3 Å². The number of carbonyl (C=O) groups is 1. The minimum absolute atomic E-state index is 0.155. The van der Waals surface area contributed by atoms with Gasteiger partial charge in [0.25, 0.3) is 0 Å². The van der Waals surface area contributed by atoms with Crippen molar-refractivity contribution >= 4 is 57.3 Å². The topological polar surface area (TPSA) is 78.1 Å². The van der Waals surface area contributed by atoms with E-state index in [1.807, 2.05) is 18.2 Å². The van der Waals surface area contributed by atoms with Gasteiger partial charge in [-0.1, -0.05) is 11.6 Å². The van der Waals surface area contributed by atoms with Gasteiger partial charge in [-0.2, -0.15) is 5.26 Å². The average molecular weight is 454 g/mol. The van der Waals surface area contributed by atoms with Crippen molar-refractivity contribution in [2.75, 3.05) is 5.32 Å². The van der Waals surface area contributed by atoms with Crippen molar-refractivity contribution in [3.05, 3.63) is 69.3 Å². The average Bonchev–Trinajstić information content (AvgIpc) is 3.43. The fourth-order valence-corrected chi connectivity index (χ4v) is 4.91. The maximum atomic E-state index is 12.2. The molecular formula is C22H16ClN3O2S2. The molecule has 1 aromatic carbocycles. The molecule has 0 atom stereocenters. The Kier molecular flexibility index (Phi) is 6.00. The Bertz CT molecular complexity index is 1190. The van der Waals surface area contributed by atoms with Crippen LogP contribution >= 0.6 is 35.2 Å². The monoisotopic (exact) mass is 453 g/mol. The molecule has 1 amide bonds. The van der Waals surface area contributed by atoms with Crippen LogP contribution in [0.15, 0.2) is 46.9 Å². The van der Waals surface area contributed by atoms with Crippen LogP contribution in [0.5, 0.6) is 0 Å². The summed E-state index contributed by atoms with van der Waals surface area (Å²) < 4.78 is 5.73. The highest BCUT2D eigenvalue weighted by molar-refractivity contribution is 7.80. The first-order valence-electron chi connectivity index (χ1n) is 9.24. The van der Waals surface area contributed by atoms with Gasteiger partial charge in [-0.25, -0.2) is 0 Å². The minimum Gasteiger partial charge on any atom is -0.457 e. The number of furan rings is 1. The molecule has 3 aromatic rings. The zero-order valence-corrected chi connectivity index (χ0v) is 18.1. The summed E-state index contributed by atoms with van der Waals surface area (Å²) in [5.74, 6) is 0.827. The van der Waals surface area contributed by atoms with Gasteiger partial charge in [0.2, 0.25) is 5.91 Å². The molecule has 0 fully saturated rings. The van der Waals surface area contributed by atoms with Crippen molar-refractivity contribution in [1.82, 2.24) is 5.32 Å². The second-order valence-corrected chi connectivity index (χ2v) is 8.61. The van der Waals surface area contributed by atoms with Crippen molar-refractivity contribution in [3.8, 4) is 17.4 Å². The lowest BCUT2D eigenvalue weighted by molar-refractivity contribution is -0.115. The number of carbonyl (C=O) groups excluding carboxylic acids is 1. The number of thiocarbonyl (C=S) groups is 1. The Morgan fingerprint density at radius 3 is 2.80 bits per heavy atom. The molecule has 0 saturated carbocycles. The summed E-state index contributed by atoms with van der Waals surface area (Å²) in [4.78, 5) is 13.4. The first kappa shape index (κ1) is 20.4. The quantitative estimate of drug-likeness (QED) is 0.400. The zero-order chi connectivity index (χ0) is 21.1. The number of benzene rings is 1. The van der Waals surface area contributed by atoms with E-state index in [9.17, 15) is 10.1 Å². The van der Waals surface area contributed by atoms with Gasteiger partial charge in [0.05, 0.1) is 5.56 Å². The van der Waals surface area contributed by atoms with Crippen molar-refractivity contribution in [1.29, 1.82) is 5.26 Å². The number of halogens is 1. The number of anilines is 1. The Balaban J connectivity index is 1.36. The minimum atomic E-state index is -0.389. The van der Waals surface area contributed by atoms with Gasteiger partial charge in [0.1, 0.15) is 22.6 Å². The van der Waals surface area contributed by atoms with Crippen LogP contribution in [0.2, 0.25) is 5.02 Å². The van der Waals surface area contributed by atoms with Crippen LogP contribution in [0.4, 0.5) is 5.00 Å². The van der Waals surface area contributed by atoms with Gasteiger partial charge in [-0.05, 0) is 79.5 Å². The Hall–Kier alpha value is -2.92. The van der Waals surface area contributed by atoms with Gasteiger partial charge >= 0.3 is 0 Å². The van der Waals surface area contributed by atoms with Crippen molar-refractivity contribution in [3.63, 3.8) is 0 Å². The normalized spacial score (nSPS) is 12.5. The standard InChI is InChI=1S/C22H16ClN3O2S2/c23-14-6-4-13(5-7-14)18-10-8-15(28-18)9-11-20(27)25-22(29)26-21-17(12-24)16-2-1-3-19(16)30-21/h4-11H,1-3H2,(H2,25,26,27,29). The molecule has 1 aliphatic carbocycles. The van der Waals surface area contributed by atoms with Gasteiger partial charge in [0.15, 0.2) is 5.11 Å². The van der Waals surface area contributed by atoms with E-state index in [1.54, 1.807) is 24.3 Å². The van der Waals surface area contributed by atoms with Crippen LogP contribution in [0, 0.1) is 11.3 Å². The Labute approximate surface area is 188 Å². The van der Waals surface area contributed by atoms with Gasteiger partial charge in [-0.15, -0.1) is 11.3 Å². The molecule has 8 heteroatoms. The number of amides is 1. The van der Waals surface area contributed by atoms with Crippen LogP contribution in [-0.4, -0.2) is 11.0 Å². The highest BCUT2D eigenvalue weighted by atomic mass is 35.5. The predicted octanol–water partition coefficient (Wildman–Crippen LogP) is 5.55. The first-order valence-corrected chi connectivity index (χ1v) is 10.8. The van der Waals surface area contributed by atoms with E-state index < -0.39 is 0 Å². The number of nitriles is 1. The summed E-state index contributed by atoms with van der Waals surface area (Å²) in [6.45, 7) is 0. The van der Waals surface area contributed by atoms with Crippen LogP contribution in [0.3, 0.4) is 0 Å². The van der Waals surface area contributed by atoms with Crippen molar-refractivity contribution < 1.29 is 9.21 Å². The van der Waals surface area contributed by atoms with E-state index in [0.29, 0.717) is 27.1 Å². The van der Waals surface area contributed by atoms with Crippen molar-refractivity contribution in [2.45, 2.75) is 19.3 Å². The van der Waals surface area contributed by atoms with Crippen LogP contribution in [-0.2, 0) is 17.6 Å². The molecule has 0 radical (unpaired) electrons. The summed E-state index contributed by atoms with van der Waals surface area (Å²) in [6, 6.07) is 13.1. The summed E-state index contributed by atoms with van der Waals surface area (Å²) in [5, 5.41) is 16.5. The molecule has 2 N–H and O–H groups in total. The summed E-state index contributed by atoms with van der Waals surface area (Å²) in [7, 11) is 0. The first-order chi connectivity index (χ1) is 14.5. The SMILES string of the molecule is N#Cc1c(NC(=S)NC(=O)C=Cc2ccc(-c3ccc(Cl)cc3)o2)sc2c1CCC2. The number of hydrogen-bond donors (Lipinski definition) is 2. The Morgan fingerprint density at radius 1 is 1.23 bits per heavy atom. The highest BCUT2D eigenvalue weighted by Crippen LogP contribution is 2.38. The predicted molar refractivity (Wildman–Crippen MR) is 124 cm³/mol. The molecule has 5 nitrogen and oxygen atoms in total. The number of nitrogens with zero attached hydrogens (tertiary/aromatic N) is 1. The van der Waals surface area contributed by atoms with Crippen LogP contribution < -0.4 is 10.6 Å². The van der Waals surface area contributed by atoms with E-state index in [4.69, 9.17) is 28.2 Å². The molecule has 4 rings (SSSR count). The molecule has 0 spiro atoms. The fourth-order valence-electron chi connectivity index (χ4n) is 3.27. The van der Waals surface area contributed by atoms with E-state index >= 15 is 0 Å². The number of nitrogens with one attached hydrogen (secondary N) is 2.